The molecule has 0 atom stereocenters. The number of anilines is 1. The van der Waals surface area contributed by atoms with Crippen molar-refractivity contribution in [3.05, 3.63) is 28.4 Å². The Labute approximate surface area is 111 Å². The zero-order valence-electron chi connectivity index (χ0n) is 11.4. The Morgan fingerprint density at radius 2 is 2.11 bits per heavy atom. The van der Waals surface area contributed by atoms with Gasteiger partial charge in [0.05, 0.1) is 5.69 Å². The minimum Gasteiger partial charge on any atom is -0.443 e. The lowest BCUT2D eigenvalue weighted by Crippen LogP contribution is -2.36. The van der Waals surface area contributed by atoms with Crippen LogP contribution in [0, 0.1) is 10.1 Å². The van der Waals surface area contributed by atoms with E-state index in [2.05, 4.69) is 4.98 Å². The first-order valence-electron chi connectivity index (χ1n) is 5.85. The molecule has 1 aromatic rings. The van der Waals surface area contributed by atoms with Crippen LogP contribution in [0.4, 0.5) is 16.3 Å². The van der Waals surface area contributed by atoms with Gasteiger partial charge in [-0.25, -0.2) is 4.79 Å². The minimum atomic E-state index is -0.599. The summed E-state index contributed by atoms with van der Waals surface area (Å²) >= 11 is 0. The van der Waals surface area contributed by atoms with Crippen LogP contribution in [0.2, 0.25) is 0 Å². The molecule has 0 bridgehead atoms. The molecule has 1 amide bonds. The Morgan fingerprint density at radius 3 is 2.47 bits per heavy atom. The highest BCUT2D eigenvalue weighted by molar-refractivity contribution is 5.87. The first-order chi connectivity index (χ1) is 8.74. The summed E-state index contributed by atoms with van der Waals surface area (Å²) in [6, 6.07) is 2.72. The highest BCUT2D eigenvalue weighted by Gasteiger charge is 2.23. The van der Waals surface area contributed by atoms with Gasteiger partial charge >= 0.3 is 11.9 Å². The van der Waals surface area contributed by atoms with Gasteiger partial charge in [0.25, 0.3) is 0 Å². The van der Waals surface area contributed by atoms with Crippen molar-refractivity contribution >= 4 is 17.6 Å². The third-order valence-electron chi connectivity index (χ3n) is 2.16. The van der Waals surface area contributed by atoms with Crippen molar-refractivity contribution in [2.75, 3.05) is 11.4 Å². The van der Waals surface area contributed by atoms with Crippen LogP contribution in [-0.4, -0.2) is 28.1 Å². The zero-order valence-corrected chi connectivity index (χ0v) is 11.4. The van der Waals surface area contributed by atoms with E-state index in [-0.39, 0.29) is 5.82 Å². The van der Waals surface area contributed by atoms with Crippen LogP contribution in [0.15, 0.2) is 18.3 Å². The molecule has 104 valence electrons. The molecule has 0 N–H and O–H groups in total. The van der Waals surface area contributed by atoms with E-state index in [1.807, 2.05) is 0 Å². The summed E-state index contributed by atoms with van der Waals surface area (Å²) < 4.78 is 5.25. The molecule has 1 aromatic heterocycles. The maximum Gasteiger partial charge on any atom is 0.414 e. The van der Waals surface area contributed by atoms with E-state index < -0.39 is 16.6 Å². The monoisotopic (exact) mass is 267 g/mol. The summed E-state index contributed by atoms with van der Waals surface area (Å²) in [7, 11) is 0. The van der Waals surface area contributed by atoms with Crippen molar-refractivity contribution in [1.29, 1.82) is 0 Å². The van der Waals surface area contributed by atoms with Crippen molar-refractivity contribution in [1.82, 2.24) is 4.98 Å². The number of amides is 1. The van der Waals surface area contributed by atoms with E-state index >= 15 is 0 Å². The van der Waals surface area contributed by atoms with Crippen LogP contribution in [0.25, 0.3) is 0 Å². The molecule has 7 nitrogen and oxygen atoms in total. The van der Waals surface area contributed by atoms with Gasteiger partial charge in [0.2, 0.25) is 0 Å². The Bertz CT molecular complexity index is 465. The molecule has 0 fully saturated rings. The molecular formula is C12H17N3O4. The third kappa shape index (κ3) is 4.20. The molecule has 0 spiro atoms. The van der Waals surface area contributed by atoms with Crippen molar-refractivity contribution in [2.45, 2.75) is 33.3 Å². The quantitative estimate of drug-likeness (QED) is 0.620. The van der Waals surface area contributed by atoms with E-state index in [0.717, 1.165) is 0 Å². The lowest BCUT2D eigenvalue weighted by Gasteiger charge is -2.25. The number of ether oxygens (including phenoxy) is 1. The molecule has 0 saturated carbocycles. The average molecular weight is 267 g/mol. The van der Waals surface area contributed by atoms with Gasteiger partial charge in [-0.3, -0.25) is 4.90 Å². The highest BCUT2D eigenvalue weighted by Crippen LogP contribution is 2.19. The smallest absolute Gasteiger partial charge is 0.414 e. The number of carbonyl (C=O) groups is 1. The summed E-state index contributed by atoms with van der Waals surface area (Å²) in [5.74, 6) is -0.260. The second-order valence-electron chi connectivity index (χ2n) is 4.86. The molecule has 0 aromatic carbocycles. The van der Waals surface area contributed by atoms with Crippen LogP contribution in [-0.2, 0) is 4.74 Å². The van der Waals surface area contributed by atoms with Gasteiger partial charge < -0.3 is 14.9 Å². The molecule has 0 unspecified atom stereocenters. The molecule has 0 saturated heterocycles. The number of aromatic nitrogens is 1. The summed E-state index contributed by atoms with van der Waals surface area (Å²) in [6.45, 7) is 7.48. The minimum absolute atomic E-state index is 0.260. The van der Waals surface area contributed by atoms with Gasteiger partial charge in [0, 0.05) is 12.6 Å². The van der Waals surface area contributed by atoms with E-state index in [9.17, 15) is 14.9 Å². The number of hydrogen-bond donors (Lipinski definition) is 0. The molecular weight excluding hydrogens is 250 g/mol. The molecule has 1 rings (SSSR count). The van der Waals surface area contributed by atoms with Crippen LogP contribution < -0.4 is 4.90 Å². The zero-order chi connectivity index (χ0) is 14.6. The topological polar surface area (TPSA) is 85.6 Å². The maximum absolute atomic E-state index is 12.0. The second kappa shape index (κ2) is 5.64. The van der Waals surface area contributed by atoms with Gasteiger partial charge in [0.15, 0.2) is 6.20 Å². The molecule has 0 radical (unpaired) electrons. The number of carbonyl (C=O) groups excluding carboxylic acids is 1. The number of rotatable bonds is 3. The SMILES string of the molecule is CCN(C(=O)OC(C)(C)C)c1ccc([N+](=O)[O-])nc1. The fourth-order valence-electron chi connectivity index (χ4n) is 1.38. The average Bonchev–Trinajstić information content (AvgIpc) is 2.28. The van der Waals surface area contributed by atoms with Crippen LogP contribution in [0.3, 0.4) is 0 Å². The van der Waals surface area contributed by atoms with Gasteiger partial charge in [-0.2, -0.15) is 0 Å². The fraction of sp³-hybridized carbons (Fsp3) is 0.500. The number of nitrogens with zero attached hydrogens (tertiary/aromatic N) is 3. The van der Waals surface area contributed by atoms with Crippen molar-refractivity contribution in [3.8, 4) is 0 Å². The third-order valence-corrected chi connectivity index (χ3v) is 2.16. The molecule has 1 heterocycles. The first-order valence-corrected chi connectivity index (χ1v) is 5.85. The van der Waals surface area contributed by atoms with Crippen LogP contribution >= 0.6 is 0 Å². The summed E-state index contributed by atoms with van der Waals surface area (Å²) in [4.78, 5) is 26.9. The van der Waals surface area contributed by atoms with Gasteiger partial charge in [0.1, 0.15) is 5.60 Å². The normalized spacial score (nSPS) is 10.9. The van der Waals surface area contributed by atoms with Crippen molar-refractivity contribution in [3.63, 3.8) is 0 Å². The molecule has 19 heavy (non-hydrogen) atoms. The number of hydrogen-bond acceptors (Lipinski definition) is 5. The Hall–Kier alpha value is -2.18. The van der Waals surface area contributed by atoms with Gasteiger partial charge in [-0.15, -0.1) is 0 Å². The lowest BCUT2D eigenvalue weighted by atomic mass is 10.2. The summed E-state index contributed by atoms with van der Waals surface area (Å²) in [6.07, 6.45) is 0.775. The number of nitro groups is 1. The highest BCUT2D eigenvalue weighted by atomic mass is 16.6. The van der Waals surface area contributed by atoms with E-state index in [0.29, 0.717) is 12.2 Å². The van der Waals surface area contributed by atoms with Crippen molar-refractivity contribution in [2.24, 2.45) is 0 Å². The summed E-state index contributed by atoms with van der Waals surface area (Å²) in [5.41, 5.74) is -0.138. The molecule has 0 aliphatic heterocycles. The Balaban J connectivity index is 2.91. The standard InChI is InChI=1S/C12H17N3O4/c1-5-14(11(16)19-12(2,3)4)9-6-7-10(13-8-9)15(17)18/h6-8H,5H2,1-4H3. The fourth-order valence-corrected chi connectivity index (χ4v) is 1.38. The van der Waals surface area contributed by atoms with Gasteiger partial charge in [-0.1, -0.05) is 0 Å². The van der Waals surface area contributed by atoms with Gasteiger partial charge in [-0.05, 0) is 43.7 Å². The predicted molar refractivity (Wildman–Crippen MR) is 70.1 cm³/mol. The lowest BCUT2D eigenvalue weighted by molar-refractivity contribution is -0.389. The largest absolute Gasteiger partial charge is 0.443 e. The molecule has 7 heteroatoms. The second-order valence-corrected chi connectivity index (χ2v) is 4.86. The molecule has 0 aliphatic carbocycles. The summed E-state index contributed by atoms with van der Waals surface area (Å²) in [5, 5.41) is 10.5. The predicted octanol–water partition coefficient (Wildman–Crippen LogP) is 2.75. The number of pyridine rings is 1. The molecule has 0 aliphatic rings. The van der Waals surface area contributed by atoms with E-state index in [1.165, 1.54) is 23.2 Å². The maximum atomic E-state index is 12.0. The Kier molecular flexibility index (Phi) is 4.42. The van der Waals surface area contributed by atoms with E-state index in [1.54, 1.807) is 27.7 Å². The Morgan fingerprint density at radius 1 is 1.47 bits per heavy atom. The van der Waals surface area contributed by atoms with Crippen LogP contribution in [0.5, 0.6) is 0 Å². The first kappa shape index (κ1) is 14.9. The van der Waals surface area contributed by atoms with Crippen LogP contribution in [0.1, 0.15) is 27.7 Å². The van der Waals surface area contributed by atoms with E-state index in [4.69, 9.17) is 4.74 Å². The van der Waals surface area contributed by atoms with Crippen molar-refractivity contribution < 1.29 is 14.5 Å².